The van der Waals surface area contributed by atoms with Gasteiger partial charge in [0.1, 0.15) is 5.82 Å². The van der Waals surface area contributed by atoms with Crippen LogP contribution in [0.3, 0.4) is 0 Å². The average Bonchev–Trinajstić information content (AvgIpc) is 2.55. The second-order valence-electron chi connectivity index (χ2n) is 2.12. The topological polar surface area (TPSA) is 57.0 Å². The SMILES string of the molecule is Nc1ccnn1-c1ccco1. The van der Waals surface area contributed by atoms with Crippen LogP contribution < -0.4 is 5.73 Å². The largest absolute Gasteiger partial charge is 0.447 e. The van der Waals surface area contributed by atoms with E-state index in [0.29, 0.717) is 11.7 Å². The van der Waals surface area contributed by atoms with E-state index >= 15 is 0 Å². The quantitative estimate of drug-likeness (QED) is 0.659. The molecule has 11 heavy (non-hydrogen) atoms. The monoisotopic (exact) mass is 149 g/mol. The molecule has 0 saturated heterocycles. The highest BCUT2D eigenvalue weighted by Crippen LogP contribution is 2.10. The standard InChI is InChI=1S/C7H7N3O/c8-6-3-4-9-10(6)7-2-1-5-11-7/h1-5H,8H2. The second kappa shape index (κ2) is 2.16. The molecule has 0 aromatic carbocycles. The number of nitrogens with two attached hydrogens (primary N) is 1. The first-order valence-electron chi connectivity index (χ1n) is 3.21. The van der Waals surface area contributed by atoms with Gasteiger partial charge < -0.3 is 10.2 Å². The summed E-state index contributed by atoms with van der Waals surface area (Å²) < 4.78 is 6.61. The van der Waals surface area contributed by atoms with Crippen molar-refractivity contribution in [3.8, 4) is 5.88 Å². The van der Waals surface area contributed by atoms with E-state index in [1.165, 1.54) is 4.68 Å². The minimum absolute atomic E-state index is 0.569. The van der Waals surface area contributed by atoms with Gasteiger partial charge in [-0.05, 0) is 6.07 Å². The molecular formula is C7H7N3O. The van der Waals surface area contributed by atoms with Gasteiger partial charge in [-0.15, -0.1) is 0 Å². The van der Waals surface area contributed by atoms with Gasteiger partial charge in [-0.3, -0.25) is 0 Å². The molecule has 2 aromatic rings. The van der Waals surface area contributed by atoms with Gasteiger partial charge in [0.2, 0.25) is 5.88 Å². The number of hydrogen-bond acceptors (Lipinski definition) is 3. The number of furan rings is 1. The summed E-state index contributed by atoms with van der Waals surface area (Å²) in [4.78, 5) is 0. The van der Waals surface area contributed by atoms with Crippen LogP contribution in [0, 0.1) is 0 Å². The molecule has 0 aliphatic heterocycles. The maximum absolute atomic E-state index is 5.57. The number of rotatable bonds is 1. The van der Waals surface area contributed by atoms with Gasteiger partial charge in [0.25, 0.3) is 0 Å². The maximum Gasteiger partial charge on any atom is 0.221 e. The van der Waals surface area contributed by atoms with Crippen LogP contribution in [0.1, 0.15) is 0 Å². The Hall–Kier alpha value is -1.71. The number of aromatic nitrogens is 2. The van der Waals surface area contributed by atoms with Crippen LogP contribution in [0.2, 0.25) is 0 Å². The fraction of sp³-hybridized carbons (Fsp3) is 0. The Morgan fingerprint density at radius 2 is 2.36 bits per heavy atom. The lowest BCUT2D eigenvalue weighted by Gasteiger charge is -1.96. The lowest BCUT2D eigenvalue weighted by atomic mass is 10.6. The molecule has 2 aromatic heterocycles. The van der Waals surface area contributed by atoms with Gasteiger partial charge in [0.15, 0.2) is 0 Å². The van der Waals surface area contributed by atoms with Crippen molar-refractivity contribution in [2.45, 2.75) is 0 Å². The molecule has 2 rings (SSSR count). The predicted octanol–water partition coefficient (Wildman–Crippen LogP) is 1.05. The molecule has 4 nitrogen and oxygen atoms in total. The molecule has 0 fully saturated rings. The van der Waals surface area contributed by atoms with E-state index in [9.17, 15) is 0 Å². The summed E-state index contributed by atoms with van der Waals surface area (Å²) in [6.07, 6.45) is 3.20. The molecule has 0 bridgehead atoms. The highest BCUT2D eigenvalue weighted by Gasteiger charge is 2.01. The minimum Gasteiger partial charge on any atom is -0.447 e. The number of anilines is 1. The summed E-state index contributed by atoms with van der Waals surface area (Å²) in [5.41, 5.74) is 5.57. The van der Waals surface area contributed by atoms with Crippen LogP contribution in [0.5, 0.6) is 0 Å². The van der Waals surface area contributed by atoms with Crippen molar-refractivity contribution in [1.29, 1.82) is 0 Å². The van der Waals surface area contributed by atoms with E-state index < -0.39 is 0 Å². The van der Waals surface area contributed by atoms with Crippen LogP contribution >= 0.6 is 0 Å². The molecule has 0 atom stereocenters. The Labute approximate surface area is 63.2 Å². The third-order valence-electron chi connectivity index (χ3n) is 1.39. The Kier molecular flexibility index (Phi) is 1.18. The molecule has 0 radical (unpaired) electrons. The summed E-state index contributed by atoms with van der Waals surface area (Å²) in [5.74, 6) is 1.20. The van der Waals surface area contributed by atoms with E-state index in [2.05, 4.69) is 5.10 Å². The van der Waals surface area contributed by atoms with E-state index in [-0.39, 0.29) is 0 Å². The average molecular weight is 149 g/mol. The Morgan fingerprint density at radius 3 is 2.91 bits per heavy atom. The summed E-state index contributed by atoms with van der Waals surface area (Å²) >= 11 is 0. The molecule has 0 aliphatic rings. The number of nitrogens with zero attached hydrogens (tertiary/aromatic N) is 2. The molecule has 2 heterocycles. The summed E-state index contributed by atoms with van der Waals surface area (Å²) in [6.45, 7) is 0. The number of nitrogen functional groups attached to an aromatic ring is 1. The Bertz CT molecular complexity index is 336. The van der Waals surface area contributed by atoms with Crippen molar-refractivity contribution >= 4 is 5.82 Å². The van der Waals surface area contributed by atoms with Gasteiger partial charge in [-0.2, -0.15) is 9.78 Å². The second-order valence-corrected chi connectivity index (χ2v) is 2.12. The Balaban J connectivity index is 2.53. The number of hydrogen-bond donors (Lipinski definition) is 1. The van der Waals surface area contributed by atoms with Crippen LogP contribution in [0.15, 0.2) is 35.1 Å². The van der Waals surface area contributed by atoms with Crippen LogP contribution in [0.4, 0.5) is 5.82 Å². The molecule has 0 unspecified atom stereocenters. The molecule has 0 aliphatic carbocycles. The predicted molar refractivity (Wildman–Crippen MR) is 40.2 cm³/mol. The van der Waals surface area contributed by atoms with Crippen LogP contribution in [-0.2, 0) is 0 Å². The lowest BCUT2D eigenvalue weighted by molar-refractivity contribution is 0.525. The van der Waals surface area contributed by atoms with Crippen molar-refractivity contribution in [1.82, 2.24) is 9.78 Å². The molecule has 0 saturated carbocycles. The van der Waals surface area contributed by atoms with Crippen molar-refractivity contribution < 1.29 is 4.42 Å². The first-order chi connectivity index (χ1) is 5.38. The normalized spacial score (nSPS) is 10.2. The van der Waals surface area contributed by atoms with Gasteiger partial charge >= 0.3 is 0 Å². The first kappa shape index (κ1) is 6.03. The zero-order valence-corrected chi connectivity index (χ0v) is 5.77. The van der Waals surface area contributed by atoms with Gasteiger partial charge in [-0.1, -0.05) is 0 Å². The first-order valence-corrected chi connectivity index (χ1v) is 3.21. The summed E-state index contributed by atoms with van der Waals surface area (Å²) in [6, 6.07) is 5.29. The highest BCUT2D eigenvalue weighted by atomic mass is 16.3. The van der Waals surface area contributed by atoms with Crippen molar-refractivity contribution in [2.75, 3.05) is 5.73 Å². The zero-order valence-electron chi connectivity index (χ0n) is 5.77. The highest BCUT2D eigenvalue weighted by molar-refractivity contribution is 5.34. The maximum atomic E-state index is 5.57. The molecule has 0 amide bonds. The Morgan fingerprint density at radius 1 is 1.45 bits per heavy atom. The fourth-order valence-corrected chi connectivity index (χ4v) is 0.888. The van der Waals surface area contributed by atoms with Crippen molar-refractivity contribution in [3.63, 3.8) is 0 Å². The summed E-state index contributed by atoms with van der Waals surface area (Å²) in [5, 5.41) is 3.96. The zero-order chi connectivity index (χ0) is 7.68. The fourth-order valence-electron chi connectivity index (χ4n) is 0.888. The van der Waals surface area contributed by atoms with Crippen molar-refractivity contribution in [3.05, 3.63) is 30.7 Å². The van der Waals surface area contributed by atoms with Crippen LogP contribution in [-0.4, -0.2) is 9.78 Å². The molecule has 2 N–H and O–H groups in total. The van der Waals surface area contributed by atoms with Gasteiger partial charge in [-0.25, -0.2) is 0 Å². The molecular weight excluding hydrogens is 142 g/mol. The van der Waals surface area contributed by atoms with E-state index in [1.807, 2.05) is 0 Å². The lowest BCUT2D eigenvalue weighted by Crippen LogP contribution is -1.99. The van der Waals surface area contributed by atoms with E-state index in [4.69, 9.17) is 10.2 Å². The van der Waals surface area contributed by atoms with E-state index in [1.54, 1.807) is 30.7 Å². The van der Waals surface area contributed by atoms with Gasteiger partial charge in [0.05, 0.1) is 12.5 Å². The van der Waals surface area contributed by atoms with Crippen molar-refractivity contribution in [2.24, 2.45) is 0 Å². The minimum atomic E-state index is 0.569. The smallest absolute Gasteiger partial charge is 0.221 e. The molecule has 4 heteroatoms. The molecule has 0 spiro atoms. The van der Waals surface area contributed by atoms with Crippen LogP contribution in [0.25, 0.3) is 5.88 Å². The van der Waals surface area contributed by atoms with E-state index in [0.717, 1.165) is 0 Å². The summed E-state index contributed by atoms with van der Waals surface area (Å²) in [7, 11) is 0. The third kappa shape index (κ3) is 0.881. The van der Waals surface area contributed by atoms with Gasteiger partial charge in [0, 0.05) is 12.1 Å². The third-order valence-corrected chi connectivity index (χ3v) is 1.39. The molecule has 56 valence electrons.